The molecule has 0 aromatic carbocycles. The average molecular weight is 244 g/mol. The van der Waals surface area contributed by atoms with E-state index in [1.165, 1.54) is 31.9 Å². The molecule has 4 heteroatoms. The van der Waals surface area contributed by atoms with Crippen molar-refractivity contribution < 1.29 is 9.21 Å². The Labute approximate surface area is 106 Å². The average Bonchev–Trinajstić information content (AvgIpc) is 3.12. The number of hydrogen-bond acceptors (Lipinski definition) is 3. The van der Waals surface area contributed by atoms with Gasteiger partial charge >= 0.3 is 0 Å². The quantitative estimate of drug-likeness (QED) is 0.777. The molecule has 1 aliphatic carbocycles. The van der Waals surface area contributed by atoms with Crippen LogP contribution in [0.1, 0.15) is 48.0 Å². The number of carbonyl (C=O) groups excluding carboxylic acids is 1. The van der Waals surface area contributed by atoms with E-state index in [4.69, 9.17) is 4.42 Å². The van der Waals surface area contributed by atoms with E-state index < -0.39 is 0 Å². The number of Topliss-reactive ketones (excluding diaryl/α,β-unsaturated/α-hetero) is 1. The molecule has 0 amide bonds. The summed E-state index contributed by atoms with van der Waals surface area (Å²) in [6.45, 7) is 0. The van der Waals surface area contributed by atoms with E-state index in [1.54, 1.807) is 12.1 Å². The van der Waals surface area contributed by atoms with E-state index in [9.17, 15) is 4.79 Å². The maximum Gasteiger partial charge on any atom is 0.203 e. The highest BCUT2D eigenvalue weighted by atomic mass is 16.3. The van der Waals surface area contributed by atoms with Crippen molar-refractivity contribution in [3.63, 3.8) is 0 Å². The molecule has 1 aliphatic rings. The molecule has 4 nitrogen and oxygen atoms in total. The molecule has 1 saturated carbocycles. The van der Waals surface area contributed by atoms with Gasteiger partial charge in [-0.3, -0.25) is 9.48 Å². The van der Waals surface area contributed by atoms with Gasteiger partial charge < -0.3 is 4.42 Å². The van der Waals surface area contributed by atoms with Gasteiger partial charge in [-0.25, -0.2) is 0 Å². The van der Waals surface area contributed by atoms with Crippen LogP contribution >= 0.6 is 0 Å². The summed E-state index contributed by atoms with van der Waals surface area (Å²) in [7, 11) is 0. The van der Waals surface area contributed by atoms with Crippen LogP contribution in [0.5, 0.6) is 0 Å². The summed E-state index contributed by atoms with van der Waals surface area (Å²) in [5.74, 6) is 0.391. The monoisotopic (exact) mass is 244 g/mol. The number of aromatic nitrogens is 2. The second-order valence-electron chi connectivity index (χ2n) is 4.80. The first-order chi connectivity index (χ1) is 8.83. The van der Waals surface area contributed by atoms with Crippen molar-refractivity contribution in [1.82, 2.24) is 9.78 Å². The zero-order chi connectivity index (χ0) is 12.4. The molecule has 18 heavy (non-hydrogen) atoms. The first-order valence-corrected chi connectivity index (χ1v) is 6.43. The van der Waals surface area contributed by atoms with Crippen LogP contribution in [-0.4, -0.2) is 15.6 Å². The topological polar surface area (TPSA) is 48.0 Å². The summed E-state index contributed by atoms with van der Waals surface area (Å²) in [4.78, 5) is 11.9. The SMILES string of the molecule is O=C(Cc1ccn(C2CCCC2)n1)c1ccco1. The van der Waals surface area contributed by atoms with Crippen LogP contribution in [0.15, 0.2) is 35.1 Å². The number of furan rings is 1. The summed E-state index contributed by atoms with van der Waals surface area (Å²) >= 11 is 0. The van der Waals surface area contributed by atoms with Gasteiger partial charge in [-0.05, 0) is 31.0 Å². The number of nitrogens with zero attached hydrogens (tertiary/aromatic N) is 2. The predicted octanol–water partition coefficient (Wildman–Crippen LogP) is 3.02. The molecular formula is C14H16N2O2. The second kappa shape index (κ2) is 4.80. The van der Waals surface area contributed by atoms with Crippen molar-refractivity contribution >= 4 is 5.78 Å². The Morgan fingerprint density at radius 2 is 2.22 bits per heavy atom. The fraction of sp³-hybridized carbons (Fsp3) is 0.429. The van der Waals surface area contributed by atoms with Crippen molar-refractivity contribution in [2.45, 2.75) is 38.1 Å². The minimum atomic E-state index is -0.0170. The molecule has 0 spiro atoms. The van der Waals surface area contributed by atoms with Crippen LogP contribution < -0.4 is 0 Å². The molecule has 0 radical (unpaired) electrons. The van der Waals surface area contributed by atoms with Crippen LogP contribution in [0.25, 0.3) is 0 Å². The Balaban J connectivity index is 1.68. The van der Waals surface area contributed by atoms with Crippen molar-refractivity contribution in [3.05, 3.63) is 42.1 Å². The van der Waals surface area contributed by atoms with Gasteiger partial charge in [-0.2, -0.15) is 5.10 Å². The Morgan fingerprint density at radius 1 is 1.39 bits per heavy atom. The smallest absolute Gasteiger partial charge is 0.203 e. The zero-order valence-electron chi connectivity index (χ0n) is 10.2. The lowest BCUT2D eigenvalue weighted by molar-refractivity contribution is 0.0965. The van der Waals surface area contributed by atoms with Crippen LogP contribution in [0.2, 0.25) is 0 Å². The molecule has 3 rings (SSSR count). The molecule has 1 fully saturated rings. The molecule has 0 bridgehead atoms. The minimum absolute atomic E-state index is 0.0170. The van der Waals surface area contributed by atoms with Crippen molar-refractivity contribution in [2.24, 2.45) is 0 Å². The molecule has 2 aromatic heterocycles. The number of hydrogen-bond donors (Lipinski definition) is 0. The Morgan fingerprint density at radius 3 is 2.94 bits per heavy atom. The van der Waals surface area contributed by atoms with Gasteiger partial charge in [0.15, 0.2) is 5.76 Å². The Hall–Kier alpha value is -1.84. The van der Waals surface area contributed by atoms with E-state index in [2.05, 4.69) is 5.10 Å². The molecule has 0 saturated heterocycles. The number of carbonyl (C=O) groups is 1. The second-order valence-corrected chi connectivity index (χ2v) is 4.80. The molecule has 0 aliphatic heterocycles. The van der Waals surface area contributed by atoms with Crippen molar-refractivity contribution in [1.29, 1.82) is 0 Å². The molecule has 0 atom stereocenters. The molecule has 2 heterocycles. The number of rotatable bonds is 4. The highest BCUT2D eigenvalue weighted by Gasteiger charge is 2.18. The molecular weight excluding hydrogens is 228 g/mol. The van der Waals surface area contributed by atoms with Gasteiger partial charge in [0.05, 0.1) is 24.4 Å². The first-order valence-electron chi connectivity index (χ1n) is 6.43. The maximum absolute atomic E-state index is 11.9. The lowest BCUT2D eigenvalue weighted by Gasteiger charge is -2.08. The van der Waals surface area contributed by atoms with Gasteiger partial charge in [0, 0.05) is 6.20 Å². The largest absolute Gasteiger partial charge is 0.461 e. The van der Waals surface area contributed by atoms with E-state index in [0.717, 1.165) is 5.69 Å². The predicted molar refractivity (Wildman–Crippen MR) is 66.5 cm³/mol. The lowest BCUT2D eigenvalue weighted by atomic mass is 10.2. The summed E-state index contributed by atoms with van der Waals surface area (Å²) < 4.78 is 7.10. The minimum Gasteiger partial charge on any atom is -0.461 e. The fourth-order valence-corrected chi connectivity index (χ4v) is 2.53. The van der Waals surface area contributed by atoms with Crippen molar-refractivity contribution in [3.8, 4) is 0 Å². The maximum atomic E-state index is 11.9. The summed E-state index contributed by atoms with van der Waals surface area (Å²) in [6, 6.07) is 5.87. The van der Waals surface area contributed by atoms with Crippen LogP contribution in [0, 0.1) is 0 Å². The van der Waals surface area contributed by atoms with E-state index in [1.807, 2.05) is 16.9 Å². The van der Waals surface area contributed by atoms with Gasteiger partial charge in [-0.15, -0.1) is 0 Å². The van der Waals surface area contributed by atoms with Gasteiger partial charge in [0.2, 0.25) is 5.78 Å². The van der Waals surface area contributed by atoms with E-state index in [0.29, 0.717) is 18.2 Å². The van der Waals surface area contributed by atoms with Crippen LogP contribution in [0.3, 0.4) is 0 Å². The highest BCUT2D eigenvalue weighted by Crippen LogP contribution is 2.28. The molecule has 94 valence electrons. The standard InChI is InChI=1S/C14H16N2O2/c17-13(14-6-3-9-18-14)10-11-7-8-16(15-11)12-4-1-2-5-12/h3,6-9,12H,1-2,4-5,10H2. The Bertz CT molecular complexity index is 522. The summed E-state index contributed by atoms with van der Waals surface area (Å²) in [5, 5.41) is 4.50. The van der Waals surface area contributed by atoms with Crippen molar-refractivity contribution in [2.75, 3.05) is 0 Å². The third-order valence-corrected chi connectivity index (χ3v) is 3.50. The highest BCUT2D eigenvalue weighted by molar-refractivity contribution is 5.94. The Kier molecular flexibility index (Phi) is 3.00. The van der Waals surface area contributed by atoms with Crippen LogP contribution in [-0.2, 0) is 6.42 Å². The summed E-state index contributed by atoms with van der Waals surface area (Å²) in [5.41, 5.74) is 0.822. The van der Waals surface area contributed by atoms with Crippen LogP contribution in [0.4, 0.5) is 0 Å². The third kappa shape index (κ3) is 2.23. The lowest BCUT2D eigenvalue weighted by Crippen LogP contribution is -2.07. The number of ketones is 1. The fourth-order valence-electron chi connectivity index (χ4n) is 2.53. The van der Waals surface area contributed by atoms with Gasteiger partial charge in [0.1, 0.15) is 0 Å². The van der Waals surface area contributed by atoms with E-state index >= 15 is 0 Å². The van der Waals surface area contributed by atoms with Gasteiger partial charge in [0.25, 0.3) is 0 Å². The third-order valence-electron chi connectivity index (χ3n) is 3.50. The molecule has 0 N–H and O–H groups in total. The zero-order valence-corrected chi connectivity index (χ0v) is 10.2. The first kappa shape index (κ1) is 11.3. The van der Waals surface area contributed by atoms with E-state index in [-0.39, 0.29) is 5.78 Å². The van der Waals surface area contributed by atoms with Gasteiger partial charge in [-0.1, -0.05) is 12.8 Å². The molecule has 0 unspecified atom stereocenters. The normalized spacial score (nSPS) is 16.2. The molecule has 2 aromatic rings. The summed E-state index contributed by atoms with van der Waals surface area (Å²) in [6.07, 6.45) is 8.79.